The molecular formula is C21H25NO5S. The molecule has 0 fully saturated rings. The quantitative estimate of drug-likeness (QED) is 0.483. The van der Waals surface area contributed by atoms with E-state index < -0.39 is 16.2 Å². The molecule has 0 aromatic heterocycles. The second kappa shape index (κ2) is 10.6. The first-order valence-electron chi connectivity index (χ1n) is 8.92. The van der Waals surface area contributed by atoms with Crippen molar-refractivity contribution in [1.82, 2.24) is 0 Å². The van der Waals surface area contributed by atoms with Gasteiger partial charge in [-0.05, 0) is 55.7 Å². The maximum Gasteiger partial charge on any atom is 0.311 e. The number of aryl methyl sites for hydroxylation is 1. The summed E-state index contributed by atoms with van der Waals surface area (Å²) in [4.78, 5) is 11.9. The van der Waals surface area contributed by atoms with Gasteiger partial charge in [0.1, 0.15) is 11.5 Å². The van der Waals surface area contributed by atoms with Gasteiger partial charge in [0.05, 0.1) is 6.10 Å². The molecule has 28 heavy (non-hydrogen) atoms. The fourth-order valence-electron chi connectivity index (χ4n) is 2.53. The van der Waals surface area contributed by atoms with Gasteiger partial charge in [-0.15, -0.1) is 0 Å². The predicted molar refractivity (Wildman–Crippen MR) is 110 cm³/mol. The van der Waals surface area contributed by atoms with Crippen molar-refractivity contribution in [3.63, 3.8) is 0 Å². The van der Waals surface area contributed by atoms with Crippen molar-refractivity contribution in [3.05, 3.63) is 72.3 Å². The molecule has 2 rings (SSSR count). The summed E-state index contributed by atoms with van der Waals surface area (Å²) < 4.78 is 34.6. The SMILES string of the molecule is COC(CCC=CC(=O)Nc1cccc(C)c1)CS(=O)(=O)Oc1ccccc1. The van der Waals surface area contributed by atoms with Crippen molar-refractivity contribution >= 4 is 21.7 Å². The molecule has 0 bridgehead atoms. The Balaban J connectivity index is 1.79. The fourth-order valence-corrected chi connectivity index (χ4v) is 3.76. The zero-order valence-electron chi connectivity index (χ0n) is 16.0. The van der Waals surface area contributed by atoms with Gasteiger partial charge in [-0.3, -0.25) is 4.79 Å². The minimum Gasteiger partial charge on any atom is -0.382 e. The maximum absolute atomic E-state index is 12.2. The fraction of sp³-hybridized carbons (Fsp3) is 0.286. The second-order valence-electron chi connectivity index (χ2n) is 6.32. The number of hydrogen-bond acceptors (Lipinski definition) is 5. The number of rotatable bonds is 10. The zero-order chi connectivity index (χ0) is 20.4. The summed E-state index contributed by atoms with van der Waals surface area (Å²) >= 11 is 0. The molecule has 2 aromatic carbocycles. The molecule has 2 aromatic rings. The molecule has 6 nitrogen and oxygen atoms in total. The van der Waals surface area contributed by atoms with E-state index in [4.69, 9.17) is 8.92 Å². The van der Waals surface area contributed by atoms with E-state index in [1.807, 2.05) is 31.2 Å². The van der Waals surface area contributed by atoms with Gasteiger partial charge in [-0.25, -0.2) is 0 Å². The summed E-state index contributed by atoms with van der Waals surface area (Å²) in [5, 5.41) is 2.78. The molecule has 0 saturated carbocycles. The number of para-hydroxylation sites is 1. The number of ether oxygens (including phenoxy) is 1. The third-order valence-electron chi connectivity index (χ3n) is 3.90. The zero-order valence-corrected chi connectivity index (χ0v) is 16.8. The van der Waals surface area contributed by atoms with E-state index in [1.54, 1.807) is 36.4 Å². The van der Waals surface area contributed by atoms with Gasteiger partial charge in [-0.2, -0.15) is 8.42 Å². The van der Waals surface area contributed by atoms with Crippen molar-refractivity contribution in [2.24, 2.45) is 0 Å². The lowest BCUT2D eigenvalue weighted by Gasteiger charge is -2.15. The molecule has 7 heteroatoms. The molecule has 0 aliphatic rings. The van der Waals surface area contributed by atoms with Gasteiger partial charge < -0.3 is 14.2 Å². The highest BCUT2D eigenvalue weighted by Gasteiger charge is 2.20. The molecule has 0 heterocycles. The molecular weight excluding hydrogens is 378 g/mol. The molecule has 0 spiro atoms. The van der Waals surface area contributed by atoms with Crippen LogP contribution in [-0.2, 0) is 19.6 Å². The number of amides is 1. The third kappa shape index (κ3) is 7.94. The van der Waals surface area contributed by atoms with Gasteiger partial charge in [0, 0.05) is 12.8 Å². The predicted octanol–water partition coefficient (Wildman–Crippen LogP) is 3.69. The Kier molecular flexibility index (Phi) is 8.22. The molecule has 0 aliphatic carbocycles. The molecule has 1 N–H and O–H groups in total. The normalized spacial score (nSPS) is 12.6. The number of hydrogen-bond donors (Lipinski definition) is 1. The van der Waals surface area contributed by atoms with Crippen molar-refractivity contribution in [2.75, 3.05) is 18.2 Å². The van der Waals surface area contributed by atoms with Crippen LogP contribution in [0, 0.1) is 6.92 Å². The van der Waals surface area contributed by atoms with E-state index in [1.165, 1.54) is 13.2 Å². The monoisotopic (exact) mass is 403 g/mol. The maximum atomic E-state index is 12.2. The first kappa shape index (κ1) is 21.7. The number of allylic oxidation sites excluding steroid dienone is 1. The number of carbonyl (C=O) groups is 1. The Hall–Kier alpha value is -2.64. The van der Waals surface area contributed by atoms with Crippen LogP contribution in [0.15, 0.2) is 66.7 Å². The molecule has 1 atom stereocenters. The van der Waals surface area contributed by atoms with Crippen LogP contribution >= 0.6 is 0 Å². The highest BCUT2D eigenvalue weighted by molar-refractivity contribution is 7.87. The van der Waals surface area contributed by atoms with E-state index in [-0.39, 0.29) is 17.4 Å². The van der Waals surface area contributed by atoms with Crippen molar-refractivity contribution < 1.29 is 22.1 Å². The summed E-state index contributed by atoms with van der Waals surface area (Å²) in [5.41, 5.74) is 1.79. The Bertz CT molecular complexity index is 894. The molecule has 0 radical (unpaired) electrons. The number of benzene rings is 2. The molecule has 150 valence electrons. The van der Waals surface area contributed by atoms with Crippen LogP contribution in [0.25, 0.3) is 0 Å². The summed E-state index contributed by atoms with van der Waals surface area (Å²) in [5.74, 6) is -0.230. The summed E-state index contributed by atoms with van der Waals surface area (Å²) in [6.45, 7) is 1.95. The van der Waals surface area contributed by atoms with E-state index in [0.29, 0.717) is 12.8 Å². The van der Waals surface area contributed by atoms with Crippen molar-refractivity contribution in [1.29, 1.82) is 0 Å². The summed E-state index contributed by atoms with van der Waals surface area (Å²) in [6.07, 6.45) is 3.55. The molecule has 0 saturated heterocycles. The molecule has 0 aliphatic heterocycles. The largest absolute Gasteiger partial charge is 0.382 e. The Morgan fingerprint density at radius 3 is 2.57 bits per heavy atom. The smallest absolute Gasteiger partial charge is 0.311 e. The Labute approximate surface area is 166 Å². The average molecular weight is 404 g/mol. The van der Waals surface area contributed by atoms with Crippen LogP contribution in [0.5, 0.6) is 5.75 Å². The van der Waals surface area contributed by atoms with Crippen molar-refractivity contribution in [3.8, 4) is 5.75 Å². The van der Waals surface area contributed by atoms with Gasteiger partial charge in [0.15, 0.2) is 0 Å². The van der Waals surface area contributed by atoms with Gasteiger partial charge in [0.25, 0.3) is 0 Å². The molecule has 1 unspecified atom stereocenters. The van der Waals surface area contributed by atoms with E-state index >= 15 is 0 Å². The molecule has 1 amide bonds. The highest BCUT2D eigenvalue weighted by atomic mass is 32.2. The van der Waals surface area contributed by atoms with Crippen LogP contribution in [0.2, 0.25) is 0 Å². The average Bonchev–Trinajstić information content (AvgIpc) is 2.64. The topological polar surface area (TPSA) is 81.7 Å². The second-order valence-corrected chi connectivity index (χ2v) is 7.93. The van der Waals surface area contributed by atoms with Gasteiger partial charge in [0.2, 0.25) is 5.91 Å². The first-order valence-corrected chi connectivity index (χ1v) is 10.5. The Morgan fingerprint density at radius 2 is 1.89 bits per heavy atom. The lowest BCUT2D eigenvalue weighted by molar-refractivity contribution is -0.111. The van der Waals surface area contributed by atoms with E-state index in [2.05, 4.69) is 5.32 Å². The van der Waals surface area contributed by atoms with Crippen LogP contribution < -0.4 is 9.50 Å². The van der Waals surface area contributed by atoms with E-state index in [9.17, 15) is 13.2 Å². The number of anilines is 1. The third-order valence-corrected chi connectivity index (χ3v) is 5.13. The Morgan fingerprint density at radius 1 is 1.14 bits per heavy atom. The number of nitrogens with one attached hydrogen (secondary N) is 1. The number of carbonyl (C=O) groups excluding carboxylic acids is 1. The summed E-state index contributed by atoms with van der Waals surface area (Å²) in [7, 11) is -2.32. The minimum atomic E-state index is -3.77. The highest BCUT2D eigenvalue weighted by Crippen LogP contribution is 2.14. The minimum absolute atomic E-state index is 0.236. The standard InChI is InChI=1S/C21H25NO5S/c1-17-9-8-10-18(15-17)22-21(23)14-7-6-13-20(26-2)16-28(24,25)27-19-11-4-3-5-12-19/h3-5,7-12,14-15,20H,6,13,16H2,1-2H3,(H,22,23). The lowest BCUT2D eigenvalue weighted by atomic mass is 10.2. The van der Waals surface area contributed by atoms with Crippen LogP contribution in [0.3, 0.4) is 0 Å². The van der Waals surface area contributed by atoms with Crippen molar-refractivity contribution in [2.45, 2.75) is 25.9 Å². The summed E-state index contributed by atoms with van der Waals surface area (Å²) in [6, 6.07) is 15.8. The lowest BCUT2D eigenvalue weighted by Crippen LogP contribution is -2.26. The van der Waals surface area contributed by atoms with Crippen LogP contribution in [0.1, 0.15) is 18.4 Å². The van der Waals surface area contributed by atoms with E-state index in [0.717, 1.165) is 11.3 Å². The van der Waals surface area contributed by atoms with Crippen LogP contribution in [0.4, 0.5) is 5.69 Å². The first-order chi connectivity index (χ1) is 13.4. The number of methoxy groups -OCH3 is 1. The van der Waals surface area contributed by atoms with Crippen LogP contribution in [-0.4, -0.2) is 33.3 Å². The van der Waals surface area contributed by atoms with Gasteiger partial charge >= 0.3 is 10.1 Å². The van der Waals surface area contributed by atoms with Gasteiger partial charge in [-0.1, -0.05) is 36.4 Å².